The highest BCUT2D eigenvalue weighted by atomic mass is 32.2. The highest BCUT2D eigenvalue weighted by Gasteiger charge is 2.13. The lowest BCUT2D eigenvalue weighted by molar-refractivity contribution is 0.182. The van der Waals surface area contributed by atoms with Crippen LogP contribution in [0.4, 0.5) is 4.39 Å². The van der Waals surface area contributed by atoms with Gasteiger partial charge in [0.1, 0.15) is 12.4 Å². The molecule has 0 heterocycles. The average Bonchev–Trinajstić information content (AvgIpc) is 2.70. The lowest BCUT2D eigenvalue weighted by atomic mass is 10.1. The summed E-state index contributed by atoms with van der Waals surface area (Å²) in [5.41, 5.74) is 2.79. The van der Waals surface area contributed by atoms with Gasteiger partial charge in [0.2, 0.25) is 0 Å². The predicted molar refractivity (Wildman–Crippen MR) is 110 cm³/mol. The van der Waals surface area contributed by atoms with Gasteiger partial charge >= 0.3 is 0 Å². The van der Waals surface area contributed by atoms with E-state index in [-0.39, 0.29) is 5.82 Å². The minimum Gasteiger partial charge on any atom is -0.493 e. The number of hydrogen-bond acceptors (Lipinski definition) is 4. The van der Waals surface area contributed by atoms with Crippen molar-refractivity contribution < 1.29 is 18.6 Å². The van der Waals surface area contributed by atoms with Crippen LogP contribution >= 0.6 is 11.8 Å². The maximum atomic E-state index is 13.8. The molecule has 0 spiro atoms. The molecule has 0 amide bonds. The molecule has 0 saturated carbocycles. The molecule has 0 radical (unpaired) electrons. The fraction of sp³-hybridized carbons (Fsp3) is 0.217. The van der Waals surface area contributed by atoms with E-state index >= 15 is 0 Å². The first-order chi connectivity index (χ1) is 13.6. The van der Waals surface area contributed by atoms with Crippen LogP contribution in [-0.2, 0) is 18.0 Å². The van der Waals surface area contributed by atoms with Gasteiger partial charge in [-0.05, 0) is 53.9 Å². The zero-order valence-electron chi connectivity index (χ0n) is 16.2. The van der Waals surface area contributed by atoms with Crippen molar-refractivity contribution in [3.8, 4) is 11.5 Å². The Morgan fingerprint density at radius 1 is 0.893 bits per heavy atom. The van der Waals surface area contributed by atoms with E-state index in [4.69, 9.17) is 14.2 Å². The third kappa shape index (κ3) is 5.06. The van der Waals surface area contributed by atoms with Crippen molar-refractivity contribution in [2.75, 3.05) is 14.2 Å². The molecule has 5 heteroatoms. The van der Waals surface area contributed by atoms with E-state index in [0.717, 1.165) is 26.5 Å². The second-order valence-corrected chi connectivity index (χ2v) is 7.42. The summed E-state index contributed by atoms with van der Waals surface area (Å²) >= 11 is 1.56. The Morgan fingerprint density at radius 2 is 1.68 bits per heavy atom. The molecule has 3 rings (SSSR count). The molecule has 0 fully saturated rings. The van der Waals surface area contributed by atoms with Crippen LogP contribution < -0.4 is 9.47 Å². The number of benzene rings is 3. The van der Waals surface area contributed by atoms with Crippen LogP contribution in [0.25, 0.3) is 0 Å². The molecule has 28 heavy (non-hydrogen) atoms. The van der Waals surface area contributed by atoms with Gasteiger partial charge in [0.25, 0.3) is 0 Å². The summed E-state index contributed by atoms with van der Waals surface area (Å²) in [6, 6.07) is 18.9. The Morgan fingerprint density at radius 3 is 2.39 bits per heavy atom. The van der Waals surface area contributed by atoms with E-state index in [0.29, 0.717) is 24.7 Å². The first-order valence-corrected chi connectivity index (χ1v) is 9.73. The zero-order chi connectivity index (χ0) is 19.9. The van der Waals surface area contributed by atoms with Crippen molar-refractivity contribution in [3.63, 3.8) is 0 Å². The SMILES string of the molecule is COCc1cc(F)cc(C)c1Sc1ccc(OCc2ccccc2)c(OC)c1. The summed E-state index contributed by atoms with van der Waals surface area (Å²) in [6.45, 7) is 2.73. The number of rotatable bonds is 8. The van der Waals surface area contributed by atoms with Crippen LogP contribution in [0.15, 0.2) is 70.5 Å². The Labute approximate surface area is 169 Å². The maximum Gasteiger partial charge on any atom is 0.161 e. The van der Waals surface area contributed by atoms with Gasteiger partial charge in [-0.2, -0.15) is 0 Å². The van der Waals surface area contributed by atoms with E-state index in [2.05, 4.69) is 0 Å². The van der Waals surface area contributed by atoms with Crippen LogP contribution in [0.2, 0.25) is 0 Å². The molecule has 3 aromatic carbocycles. The summed E-state index contributed by atoms with van der Waals surface area (Å²) in [7, 11) is 3.23. The van der Waals surface area contributed by atoms with E-state index < -0.39 is 0 Å². The minimum absolute atomic E-state index is 0.254. The number of hydrogen-bond donors (Lipinski definition) is 0. The predicted octanol–water partition coefficient (Wildman–Crippen LogP) is 6.02. The molecule has 0 atom stereocenters. The van der Waals surface area contributed by atoms with E-state index in [9.17, 15) is 4.39 Å². The molecule has 0 aliphatic rings. The van der Waals surface area contributed by atoms with Gasteiger partial charge in [-0.1, -0.05) is 42.1 Å². The topological polar surface area (TPSA) is 27.7 Å². The van der Waals surface area contributed by atoms with Gasteiger partial charge < -0.3 is 14.2 Å². The monoisotopic (exact) mass is 398 g/mol. The van der Waals surface area contributed by atoms with Crippen molar-refractivity contribution >= 4 is 11.8 Å². The van der Waals surface area contributed by atoms with E-state index in [1.165, 1.54) is 12.1 Å². The van der Waals surface area contributed by atoms with E-state index in [1.807, 2.05) is 55.5 Å². The Bertz CT molecular complexity index is 929. The first kappa shape index (κ1) is 20.2. The highest BCUT2D eigenvalue weighted by Crippen LogP contribution is 2.38. The molecule has 0 saturated heterocycles. The lowest BCUT2D eigenvalue weighted by Crippen LogP contribution is -1.98. The highest BCUT2D eigenvalue weighted by molar-refractivity contribution is 7.99. The molecule has 0 unspecified atom stereocenters. The van der Waals surface area contributed by atoms with E-state index in [1.54, 1.807) is 26.0 Å². The van der Waals surface area contributed by atoms with Crippen molar-refractivity contribution in [1.29, 1.82) is 0 Å². The molecule has 0 aromatic heterocycles. The van der Waals surface area contributed by atoms with Crippen LogP contribution in [0, 0.1) is 12.7 Å². The molecular formula is C23H23FO3S. The van der Waals surface area contributed by atoms with Crippen LogP contribution in [0.1, 0.15) is 16.7 Å². The van der Waals surface area contributed by atoms with Gasteiger partial charge in [-0.15, -0.1) is 0 Å². The summed E-state index contributed by atoms with van der Waals surface area (Å²) < 4.78 is 30.4. The molecular weight excluding hydrogens is 375 g/mol. The number of halogens is 1. The van der Waals surface area contributed by atoms with Crippen molar-refractivity contribution in [2.24, 2.45) is 0 Å². The minimum atomic E-state index is -0.254. The fourth-order valence-corrected chi connectivity index (χ4v) is 3.90. The third-order valence-corrected chi connectivity index (χ3v) is 5.49. The quantitative estimate of drug-likeness (QED) is 0.464. The third-order valence-electron chi connectivity index (χ3n) is 4.21. The van der Waals surface area contributed by atoms with Gasteiger partial charge in [-0.25, -0.2) is 4.39 Å². The summed E-state index contributed by atoms with van der Waals surface area (Å²) in [4.78, 5) is 1.97. The van der Waals surface area contributed by atoms with Crippen molar-refractivity contribution in [2.45, 2.75) is 29.9 Å². The van der Waals surface area contributed by atoms with Crippen LogP contribution in [-0.4, -0.2) is 14.2 Å². The van der Waals surface area contributed by atoms with Crippen LogP contribution in [0.3, 0.4) is 0 Å². The normalized spacial score (nSPS) is 10.7. The summed E-state index contributed by atoms with van der Waals surface area (Å²) in [5.74, 6) is 1.09. The standard InChI is InChI=1S/C23H23FO3S/c1-16-11-19(24)12-18(15-25-2)23(16)28-20-9-10-21(22(13-20)26-3)27-14-17-7-5-4-6-8-17/h4-13H,14-15H2,1-3H3. The fourth-order valence-electron chi connectivity index (χ4n) is 2.89. The number of aryl methyl sites for hydroxylation is 1. The Kier molecular flexibility index (Phi) is 6.95. The van der Waals surface area contributed by atoms with Crippen molar-refractivity contribution in [3.05, 3.63) is 83.2 Å². The zero-order valence-corrected chi connectivity index (χ0v) is 17.0. The second kappa shape index (κ2) is 9.62. The molecule has 146 valence electrons. The second-order valence-electron chi connectivity index (χ2n) is 6.33. The molecule has 3 aromatic rings. The van der Waals surface area contributed by atoms with Crippen LogP contribution in [0.5, 0.6) is 11.5 Å². The van der Waals surface area contributed by atoms with Gasteiger partial charge in [0.15, 0.2) is 11.5 Å². The van der Waals surface area contributed by atoms with Gasteiger partial charge in [-0.3, -0.25) is 0 Å². The number of ether oxygens (including phenoxy) is 3. The Hall–Kier alpha value is -2.50. The van der Waals surface area contributed by atoms with Gasteiger partial charge in [0.05, 0.1) is 13.7 Å². The summed E-state index contributed by atoms with van der Waals surface area (Å²) in [5, 5.41) is 0. The van der Waals surface area contributed by atoms with Crippen molar-refractivity contribution in [1.82, 2.24) is 0 Å². The Balaban J connectivity index is 1.81. The molecule has 0 N–H and O–H groups in total. The molecule has 0 aliphatic heterocycles. The largest absolute Gasteiger partial charge is 0.493 e. The molecule has 0 bridgehead atoms. The first-order valence-electron chi connectivity index (χ1n) is 8.91. The molecule has 3 nitrogen and oxygen atoms in total. The smallest absolute Gasteiger partial charge is 0.161 e. The number of methoxy groups -OCH3 is 2. The lowest BCUT2D eigenvalue weighted by Gasteiger charge is -2.15. The molecule has 0 aliphatic carbocycles. The summed E-state index contributed by atoms with van der Waals surface area (Å²) in [6.07, 6.45) is 0. The maximum absolute atomic E-state index is 13.8. The average molecular weight is 398 g/mol. The van der Waals surface area contributed by atoms with Gasteiger partial charge in [0, 0.05) is 16.9 Å².